The number of fused-ring (bicyclic) bond motifs is 9. The molecule has 9 aromatic carbocycles. The van der Waals surface area contributed by atoms with Gasteiger partial charge in [-0.25, -0.2) is 0 Å². The van der Waals surface area contributed by atoms with Crippen molar-refractivity contribution in [2.75, 3.05) is 0 Å². The van der Waals surface area contributed by atoms with E-state index >= 15 is 0 Å². The molecule has 0 fully saturated rings. The fourth-order valence-electron chi connectivity index (χ4n) is 7.05. The van der Waals surface area contributed by atoms with Gasteiger partial charge < -0.3 is 0 Å². The molecule has 0 amide bonds. The van der Waals surface area contributed by atoms with Crippen molar-refractivity contribution in [1.29, 1.82) is 0 Å². The van der Waals surface area contributed by atoms with Gasteiger partial charge >= 0.3 is 0 Å². The standard InChI is InChI=1S/C42H27P/c1-4-13-31-28(10-1)22-25-37-34(31)16-7-19-40(37)43(41-20-8-17-35-32-14-5-2-11-29(32)23-26-38(35)41)42-21-9-18-36-33-15-6-3-12-30(33)24-27-39(36)42/h1-27H. The van der Waals surface area contributed by atoms with Gasteiger partial charge in [0, 0.05) is 0 Å². The quantitative estimate of drug-likeness (QED) is 0.148. The van der Waals surface area contributed by atoms with E-state index < -0.39 is 7.92 Å². The van der Waals surface area contributed by atoms with Gasteiger partial charge in [-0.15, -0.1) is 0 Å². The number of hydrogen-bond donors (Lipinski definition) is 0. The SMILES string of the molecule is c1ccc2c(c1)ccc1c(P(c3cccc4c3ccc3ccccc34)c3cccc4c3ccc3ccccc34)cccc12. The van der Waals surface area contributed by atoms with Gasteiger partial charge in [0.1, 0.15) is 0 Å². The van der Waals surface area contributed by atoms with Gasteiger partial charge in [-0.1, -0.05) is 164 Å². The maximum atomic E-state index is 2.38. The summed E-state index contributed by atoms with van der Waals surface area (Å²) in [5.74, 6) is 0. The predicted molar refractivity (Wildman–Crippen MR) is 190 cm³/mol. The molecule has 0 radical (unpaired) electrons. The topological polar surface area (TPSA) is 0 Å². The van der Waals surface area contributed by atoms with Crippen molar-refractivity contribution >= 4 is 88.5 Å². The van der Waals surface area contributed by atoms with Crippen molar-refractivity contribution in [3.8, 4) is 0 Å². The van der Waals surface area contributed by atoms with Crippen LogP contribution in [0.15, 0.2) is 164 Å². The Labute approximate surface area is 251 Å². The third-order valence-electron chi connectivity index (χ3n) is 9.01. The van der Waals surface area contributed by atoms with E-state index in [1.54, 1.807) is 0 Å². The summed E-state index contributed by atoms with van der Waals surface area (Å²) in [5, 5.41) is 19.9. The third-order valence-corrected chi connectivity index (χ3v) is 11.6. The monoisotopic (exact) mass is 562 g/mol. The summed E-state index contributed by atoms with van der Waals surface area (Å²) in [6.45, 7) is 0. The normalized spacial score (nSPS) is 11.9. The zero-order valence-electron chi connectivity index (χ0n) is 23.5. The molecule has 0 spiro atoms. The van der Waals surface area contributed by atoms with Crippen molar-refractivity contribution in [2.24, 2.45) is 0 Å². The molecule has 0 aliphatic rings. The van der Waals surface area contributed by atoms with E-state index in [0.29, 0.717) is 0 Å². The van der Waals surface area contributed by atoms with Crippen molar-refractivity contribution < 1.29 is 0 Å². The van der Waals surface area contributed by atoms with Crippen molar-refractivity contribution in [2.45, 2.75) is 0 Å². The average Bonchev–Trinajstić information content (AvgIpc) is 3.08. The first-order valence-electron chi connectivity index (χ1n) is 14.9. The van der Waals surface area contributed by atoms with Crippen LogP contribution in [-0.4, -0.2) is 0 Å². The minimum absolute atomic E-state index is 0.912. The number of rotatable bonds is 3. The predicted octanol–water partition coefficient (Wildman–Crippen LogP) is 10.4. The van der Waals surface area contributed by atoms with Crippen LogP contribution >= 0.6 is 7.92 Å². The van der Waals surface area contributed by atoms with Crippen LogP contribution in [0.25, 0.3) is 64.6 Å². The van der Waals surface area contributed by atoms with Crippen LogP contribution in [0.3, 0.4) is 0 Å². The van der Waals surface area contributed by atoms with Crippen molar-refractivity contribution in [1.82, 2.24) is 0 Å². The highest BCUT2D eigenvalue weighted by atomic mass is 31.1. The Morgan fingerprint density at radius 2 is 0.512 bits per heavy atom. The molecule has 0 N–H and O–H groups in total. The second kappa shape index (κ2) is 9.77. The molecule has 0 aliphatic heterocycles. The van der Waals surface area contributed by atoms with Crippen LogP contribution in [0.5, 0.6) is 0 Å². The van der Waals surface area contributed by atoms with E-state index in [9.17, 15) is 0 Å². The zero-order chi connectivity index (χ0) is 28.3. The van der Waals surface area contributed by atoms with Crippen molar-refractivity contribution in [3.05, 3.63) is 164 Å². The Hall–Kier alpha value is -5.03. The maximum absolute atomic E-state index is 2.38. The Bertz CT molecular complexity index is 2240. The van der Waals surface area contributed by atoms with Crippen LogP contribution < -0.4 is 15.9 Å². The first-order chi connectivity index (χ1) is 21.3. The Morgan fingerprint density at radius 3 is 0.860 bits per heavy atom. The zero-order valence-corrected chi connectivity index (χ0v) is 24.4. The summed E-state index contributed by atoms with van der Waals surface area (Å²) in [6, 6.07) is 61.0. The largest absolute Gasteiger partial charge is 0.0616 e. The molecule has 0 atom stereocenters. The van der Waals surface area contributed by atoms with Gasteiger partial charge in [-0.3, -0.25) is 0 Å². The Balaban J connectivity index is 1.42. The Kier molecular flexibility index (Phi) is 5.58. The van der Waals surface area contributed by atoms with Gasteiger partial charge in [0.25, 0.3) is 0 Å². The summed E-state index contributed by atoms with van der Waals surface area (Å²) < 4.78 is 0. The highest BCUT2D eigenvalue weighted by molar-refractivity contribution is 7.81. The highest BCUT2D eigenvalue weighted by Gasteiger charge is 2.24. The van der Waals surface area contributed by atoms with E-state index in [4.69, 9.17) is 0 Å². The van der Waals surface area contributed by atoms with Crippen LogP contribution in [0.4, 0.5) is 0 Å². The number of hydrogen-bond acceptors (Lipinski definition) is 0. The lowest BCUT2D eigenvalue weighted by Crippen LogP contribution is -2.22. The second-order valence-electron chi connectivity index (χ2n) is 11.3. The molecule has 43 heavy (non-hydrogen) atoms. The molecule has 1 heteroatoms. The molecule has 0 heterocycles. The highest BCUT2D eigenvalue weighted by Crippen LogP contribution is 2.42. The maximum Gasteiger partial charge on any atom is -0.00720 e. The lowest BCUT2D eigenvalue weighted by atomic mass is 10.0. The van der Waals surface area contributed by atoms with E-state index in [-0.39, 0.29) is 0 Å². The first-order valence-corrected chi connectivity index (χ1v) is 16.2. The molecule has 0 saturated carbocycles. The van der Waals surface area contributed by atoms with Gasteiger partial charge in [0.15, 0.2) is 0 Å². The molecule has 0 saturated heterocycles. The molecular formula is C42H27P. The lowest BCUT2D eigenvalue weighted by Gasteiger charge is -2.25. The van der Waals surface area contributed by atoms with Gasteiger partial charge in [0.2, 0.25) is 0 Å². The summed E-state index contributed by atoms with van der Waals surface area (Å²) in [4.78, 5) is 0. The molecule has 0 nitrogen and oxygen atoms in total. The number of benzene rings is 9. The van der Waals surface area contributed by atoms with Gasteiger partial charge in [0.05, 0.1) is 0 Å². The van der Waals surface area contributed by atoms with E-state index in [2.05, 4.69) is 164 Å². The van der Waals surface area contributed by atoms with Crippen LogP contribution in [0.2, 0.25) is 0 Å². The molecular weight excluding hydrogens is 535 g/mol. The van der Waals surface area contributed by atoms with Crippen LogP contribution in [0, 0.1) is 0 Å². The summed E-state index contributed by atoms with van der Waals surface area (Å²) >= 11 is 0. The average molecular weight is 563 g/mol. The minimum Gasteiger partial charge on any atom is -0.0616 e. The molecule has 0 unspecified atom stereocenters. The second-order valence-corrected chi connectivity index (χ2v) is 13.4. The Morgan fingerprint density at radius 1 is 0.209 bits per heavy atom. The van der Waals surface area contributed by atoms with Crippen LogP contribution in [-0.2, 0) is 0 Å². The molecule has 9 rings (SSSR count). The molecule has 9 aromatic rings. The summed E-state index contributed by atoms with van der Waals surface area (Å²) in [5.41, 5.74) is 0. The molecule has 0 aromatic heterocycles. The molecule has 0 aliphatic carbocycles. The van der Waals surface area contributed by atoms with E-state index in [1.165, 1.54) is 80.5 Å². The summed E-state index contributed by atoms with van der Waals surface area (Å²) in [7, 11) is -0.912. The molecule has 0 bridgehead atoms. The third kappa shape index (κ3) is 3.81. The lowest BCUT2D eigenvalue weighted by molar-refractivity contribution is 1.77. The van der Waals surface area contributed by atoms with Gasteiger partial charge in [-0.2, -0.15) is 0 Å². The van der Waals surface area contributed by atoms with E-state index in [1.807, 2.05) is 0 Å². The summed E-state index contributed by atoms with van der Waals surface area (Å²) in [6.07, 6.45) is 0. The first kappa shape index (κ1) is 24.6. The fourth-order valence-corrected chi connectivity index (χ4v) is 9.84. The minimum atomic E-state index is -0.912. The smallest absolute Gasteiger partial charge is 0.00720 e. The van der Waals surface area contributed by atoms with Gasteiger partial charge in [-0.05, 0) is 88.5 Å². The van der Waals surface area contributed by atoms with Crippen LogP contribution in [0.1, 0.15) is 0 Å². The fraction of sp³-hybridized carbons (Fsp3) is 0. The molecule has 200 valence electrons. The van der Waals surface area contributed by atoms with E-state index in [0.717, 1.165) is 0 Å². The van der Waals surface area contributed by atoms with Crippen molar-refractivity contribution in [3.63, 3.8) is 0 Å².